The highest BCUT2D eigenvalue weighted by molar-refractivity contribution is 5.00. The van der Waals surface area contributed by atoms with E-state index in [0.717, 1.165) is 0 Å². The highest BCUT2D eigenvalue weighted by Gasteiger charge is 2.62. The Hall–Kier alpha value is -0.240. The number of aliphatic hydroxyl groups is 1. The summed E-state index contributed by atoms with van der Waals surface area (Å²) in [5.41, 5.74) is 0. The maximum Gasteiger partial charge on any atom is 0.224 e. The van der Waals surface area contributed by atoms with Crippen molar-refractivity contribution in [3.8, 4) is 0 Å². The standard InChI is InChI=1S/C12H20O6/c1-10(2)15-6-12(18-10)9(13)8-7(5-14-12)16-11(3,4)17-8/h7-9,13H,5-6H2,1-4H3/t7-,8?,9?,12+/m1/s1. The van der Waals surface area contributed by atoms with E-state index in [-0.39, 0.29) is 12.7 Å². The van der Waals surface area contributed by atoms with Crippen LogP contribution in [-0.4, -0.2) is 54.0 Å². The zero-order valence-electron chi connectivity index (χ0n) is 11.1. The molecule has 0 aliphatic carbocycles. The van der Waals surface area contributed by atoms with E-state index < -0.39 is 29.6 Å². The second-order valence-corrected chi connectivity index (χ2v) is 6.00. The summed E-state index contributed by atoms with van der Waals surface area (Å²) in [5.74, 6) is -2.61. The minimum absolute atomic E-state index is 0.189. The van der Waals surface area contributed by atoms with Crippen LogP contribution in [0.15, 0.2) is 0 Å². The summed E-state index contributed by atoms with van der Waals surface area (Å²) in [7, 11) is 0. The van der Waals surface area contributed by atoms with Crippen LogP contribution in [0, 0.1) is 0 Å². The number of ether oxygens (including phenoxy) is 5. The van der Waals surface area contributed by atoms with E-state index in [4.69, 9.17) is 23.7 Å². The molecule has 1 spiro atoms. The van der Waals surface area contributed by atoms with Crippen LogP contribution in [0.4, 0.5) is 0 Å². The third kappa shape index (κ3) is 1.88. The summed E-state index contributed by atoms with van der Waals surface area (Å²) < 4.78 is 28.3. The van der Waals surface area contributed by atoms with Crippen LogP contribution in [-0.2, 0) is 23.7 Å². The smallest absolute Gasteiger partial charge is 0.224 e. The quantitative estimate of drug-likeness (QED) is 0.679. The van der Waals surface area contributed by atoms with Gasteiger partial charge in [0.2, 0.25) is 5.79 Å². The normalized spacial score (nSPS) is 49.5. The topological polar surface area (TPSA) is 66.4 Å². The summed E-state index contributed by atoms with van der Waals surface area (Å²) >= 11 is 0. The van der Waals surface area contributed by atoms with Crippen LogP contribution in [0.5, 0.6) is 0 Å². The summed E-state index contributed by atoms with van der Waals surface area (Å²) in [6, 6.07) is 0. The molecule has 0 saturated carbocycles. The number of rotatable bonds is 0. The fourth-order valence-electron chi connectivity index (χ4n) is 2.78. The molecule has 3 saturated heterocycles. The molecular weight excluding hydrogens is 240 g/mol. The van der Waals surface area contributed by atoms with Gasteiger partial charge in [-0.15, -0.1) is 0 Å². The van der Waals surface area contributed by atoms with Gasteiger partial charge >= 0.3 is 0 Å². The molecule has 3 fully saturated rings. The molecule has 104 valence electrons. The minimum atomic E-state index is -1.14. The van der Waals surface area contributed by atoms with E-state index >= 15 is 0 Å². The van der Waals surface area contributed by atoms with Gasteiger partial charge in [0, 0.05) is 0 Å². The molecule has 3 aliphatic rings. The molecule has 0 aromatic carbocycles. The lowest BCUT2D eigenvalue weighted by Gasteiger charge is -2.41. The highest BCUT2D eigenvalue weighted by Crippen LogP contribution is 2.43. The molecule has 0 radical (unpaired) electrons. The Bertz CT molecular complexity index is 352. The summed E-state index contributed by atoms with van der Waals surface area (Å²) in [5, 5.41) is 10.5. The average molecular weight is 260 g/mol. The molecule has 2 unspecified atom stereocenters. The van der Waals surface area contributed by atoms with Gasteiger partial charge in [-0.3, -0.25) is 0 Å². The summed E-state index contributed by atoms with van der Waals surface area (Å²) in [6.45, 7) is 7.74. The molecule has 3 rings (SSSR count). The number of hydrogen-bond donors (Lipinski definition) is 1. The Morgan fingerprint density at radius 1 is 1.00 bits per heavy atom. The van der Waals surface area contributed by atoms with Crippen molar-refractivity contribution in [3.05, 3.63) is 0 Å². The lowest BCUT2D eigenvalue weighted by molar-refractivity contribution is -0.326. The molecule has 0 aromatic heterocycles. The van der Waals surface area contributed by atoms with Crippen molar-refractivity contribution in [3.63, 3.8) is 0 Å². The van der Waals surface area contributed by atoms with Crippen molar-refractivity contribution < 1.29 is 28.8 Å². The van der Waals surface area contributed by atoms with Gasteiger partial charge in [0.15, 0.2) is 11.6 Å². The monoisotopic (exact) mass is 260 g/mol. The molecule has 0 bridgehead atoms. The fraction of sp³-hybridized carbons (Fsp3) is 1.00. The van der Waals surface area contributed by atoms with Crippen LogP contribution in [0.1, 0.15) is 27.7 Å². The maximum atomic E-state index is 10.5. The van der Waals surface area contributed by atoms with Crippen molar-refractivity contribution in [1.82, 2.24) is 0 Å². The molecule has 6 nitrogen and oxygen atoms in total. The largest absolute Gasteiger partial charge is 0.385 e. The van der Waals surface area contributed by atoms with E-state index in [1.54, 1.807) is 13.8 Å². The van der Waals surface area contributed by atoms with Crippen LogP contribution in [0.25, 0.3) is 0 Å². The summed E-state index contributed by atoms with van der Waals surface area (Å²) in [6.07, 6.45) is -1.65. The molecule has 4 atom stereocenters. The van der Waals surface area contributed by atoms with Gasteiger partial charge in [0.1, 0.15) is 24.9 Å². The van der Waals surface area contributed by atoms with Gasteiger partial charge in [-0.1, -0.05) is 0 Å². The molecule has 6 heteroatoms. The van der Waals surface area contributed by atoms with Gasteiger partial charge in [-0.25, -0.2) is 0 Å². The average Bonchev–Trinajstić information content (AvgIpc) is 2.71. The zero-order valence-corrected chi connectivity index (χ0v) is 11.1. The lowest BCUT2D eigenvalue weighted by atomic mass is 9.97. The van der Waals surface area contributed by atoms with Crippen molar-refractivity contribution in [2.24, 2.45) is 0 Å². The van der Waals surface area contributed by atoms with Crippen molar-refractivity contribution in [2.75, 3.05) is 13.2 Å². The maximum absolute atomic E-state index is 10.5. The van der Waals surface area contributed by atoms with Crippen molar-refractivity contribution in [1.29, 1.82) is 0 Å². The molecule has 0 amide bonds. The Morgan fingerprint density at radius 2 is 1.72 bits per heavy atom. The van der Waals surface area contributed by atoms with Crippen LogP contribution in [0.3, 0.4) is 0 Å². The first kappa shape index (κ1) is 12.8. The van der Waals surface area contributed by atoms with Gasteiger partial charge in [-0.2, -0.15) is 0 Å². The third-order valence-electron chi connectivity index (χ3n) is 3.51. The molecule has 0 aromatic rings. The molecular formula is C12H20O6. The van der Waals surface area contributed by atoms with Crippen LogP contribution in [0.2, 0.25) is 0 Å². The van der Waals surface area contributed by atoms with Gasteiger partial charge in [-0.05, 0) is 27.7 Å². The Kier molecular flexibility index (Phi) is 2.59. The van der Waals surface area contributed by atoms with E-state index in [0.29, 0.717) is 6.61 Å². The van der Waals surface area contributed by atoms with Gasteiger partial charge < -0.3 is 28.8 Å². The van der Waals surface area contributed by atoms with Crippen LogP contribution >= 0.6 is 0 Å². The minimum Gasteiger partial charge on any atom is -0.385 e. The molecule has 3 aliphatic heterocycles. The number of fused-ring (bicyclic) bond motifs is 1. The van der Waals surface area contributed by atoms with Crippen molar-refractivity contribution >= 4 is 0 Å². The first-order valence-corrected chi connectivity index (χ1v) is 6.25. The first-order valence-electron chi connectivity index (χ1n) is 6.25. The van der Waals surface area contributed by atoms with Crippen LogP contribution < -0.4 is 0 Å². The SMILES string of the molecule is CC1(C)OC2C(O)[C@@]3(COC(C)(C)O3)OC[C@H]2O1. The predicted molar refractivity (Wildman–Crippen MR) is 59.6 cm³/mol. The molecule has 3 heterocycles. The van der Waals surface area contributed by atoms with Crippen molar-refractivity contribution in [2.45, 2.75) is 63.4 Å². The highest BCUT2D eigenvalue weighted by atomic mass is 16.9. The molecule has 18 heavy (non-hydrogen) atoms. The number of hydrogen-bond acceptors (Lipinski definition) is 6. The third-order valence-corrected chi connectivity index (χ3v) is 3.51. The zero-order chi connectivity index (χ0) is 13.2. The second-order valence-electron chi connectivity index (χ2n) is 6.00. The lowest BCUT2D eigenvalue weighted by Crippen LogP contribution is -2.61. The predicted octanol–water partition coefficient (Wildman–Crippen LogP) is 0.377. The van der Waals surface area contributed by atoms with E-state index in [9.17, 15) is 5.11 Å². The second kappa shape index (κ2) is 3.65. The Morgan fingerprint density at radius 3 is 2.33 bits per heavy atom. The Balaban J connectivity index is 1.82. The number of aliphatic hydroxyl groups excluding tert-OH is 1. The Labute approximate surface area is 106 Å². The van der Waals surface area contributed by atoms with Gasteiger partial charge in [0.25, 0.3) is 0 Å². The van der Waals surface area contributed by atoms with Gasteiger partial charge in [0.05, 0.1) is 6.61 Å². The van der Waals surface area contributed by atoms with E-state index in [1.807, 2.05) is 13.8 Å². The first-order chi connectivity index (χ1) is 8.23. The van der Waals surface area contributed by atoms with E-state index in [1.165, 1.54) is 0 Å². The summed E-state index contributed by atoms with van der Waals surface area (Å²) in [4.78, 5) is 0. The fourth-order valence-corrected chi connectivity index (χ4v) is 2.78. The van der Waals surface area contributed by atoms with E-state index in [2.05, 4.69) is 0 Å². The molecule has 1 N–H and O–H groups in total.